The number of benzene rings is 2. The first-order chi connectivity index (χ1) is 14.5. The quantitative estimate of drug-likeness (QED) is 0.387. The molecule has 150 valence electrons. The van der Waals surface area contributed by atoms with Crippen molar-refractivity contribution in [3.05, 3.63) is 95.3 Å². The molecule has 0 fully saturated rings. The fraction of sp³-hybridized carbons (Fsp3) is 0.130. The molecule has 0 spiro atoms. The number of hydrazone groups is 1. The van der Waals surface area contributed by atoms with Crippen LogP contribution in [0.2, 0.25) is 0 Å². The highest BCUT2D eigenvalue weighted by molar-refractivity contribution is 6.05. The summed E-state index contributed by atoms with van der Waals surface area (Å²) >= 11 is 0. The fourth-order valence-electron chi connectivity index (χ4n) is 3.43. The van der Waals surface area contributed by atoms with Gasteiger partial charge in [-0.15, -0.1) is 0 Å². The lowest BCUT2D eigenvalue weighted by atomic mass is 9.89. The highest BCUT2D eigenvalue weighted by atomic mass is 16.5. The minimum absolute atomic E-state index is 0.115. The van der Waals surface area contributed by atoms with Crippen molar-refractivity contribution in [1.29, 1.82) is 0 Å². The number of ether oxygens (including phenoxy) is 1. The molecular formula is C23H19N3O4. The van der Waals surface area contributed by atoms with E-state index < -0.39 is 6.10 Å². The molecule has 0 saturated carbocycles. The lowest BCUT2D eigenvalue weighted by Gasteiger charge is -2.21. The Morgan fingerprint density at radius 2 is 1.77 bits per heavy atom. The Hall–Kier alpha value is -4.00. The van der Waals surface area contributed by atoms with Crippen molar-refractivity contribution in [2.45, 2.75) is 13.0 Å². The molecular weight excluding hydrogens is 382 g/mol. The van der Waals surface area contributed by atoms with Crippen LogP contribution < -0.4 is 5.43 Å². The van der Waals surface area contributed by atoms with Crippen LogP contribution in [0.1, 0.15) is 44.9 Å². The summed E-state index contributed by atoms with van der Waals surface area (Å²) in [7, 11) is 0. The second-order valence-corrected chi connectivity index (χ2v) is 6.92. The number of phenols is 1. The minimum Gasteiger partial charge on any atom is -0.508 e. The molecule has 7 nitrogen and oxygen atoms in total. The molecule has 0 saturated heterocycles. The normalized spacial score (nSPS) is 16.5. The molecule has 2 heterocycles. The van der Waals surface area contributed by atoms with E-state index in [1.54, 1.807) is 36.4 Å². The maximum atomic E-state index is 12.5. The standard InChI is InChI=1S/C23H19N3O4/c1-14(21-18-4-2-3-5-19(18)23(29)30-21)20(15-6-8-17(27)9-7-15)25-26-22(28)16-10-12-24-13-11-16/h2-14,21,27H,1H3,(H,26,28)/b25-20+/t14-,21+/m0/s1. The first-order valence-corrected chi connectivity index (χ1v) is 9.42. The SMILES string of the molecule is C[C@@H](/C(=N\NC(=O)c1ccncc1)c1ccc(O)cc1)[C@H]1OC(=O)c2ccccc21. The van der Waals surface area contributed by atoms with Gasteiger partial charge in [0.25, 0.3) is 5.91 Å². The van der Waals surface area contributed by atoms with E-state index in [9.17, 15) is 14.7 Å². The Balaban J connectivity index is 1.68. The number of aromatic nitrogens is 1. The summed E-state index contributed by atoms with van der Waals surface area (Å²) in [5, 5.41) is 14.0. The molecule has 0 bridgehead atoms. The number of fused-ring (bicyclic) bond motifs is 1. The number of aromatic hydroxyl groups is 1. The molecule has 1 aromatic heterocycles. The van der Waals surface area contributed by atoms with E-state index in [0.29, 0.717) is 22.4 Å². The average Bonchev–Trinajstić information content (AvgIpc) is 3.12. The summed E-state index contributed by atoms with van der Waals surface area (Å²) in [5.74, 6) is -1.01. The summed E-state index contributed by atoms with van der Waals surface area (Å²) in [4.78, 5) is 28.6. The van der Waals surface area contributed by atoms with Crippen molar-refractivity contribution in [1.82, 2.24) is 10.4 Å². The molecule has 1 aliphatic rings. The van der Waals surface area contributed by atoms with Gasteiger partial charge in [-0.1, -0.05) is 25.1 Å². The zero-order valence-corrected chi connectivity index (χ0v) is 16.1. The molecule has 1 amide bonds. The molecule has 30 heavy (non-hydrogen) atoms. The zero-order chi connectivity index (χ0) is 21.1. The van der Waals surface area contributed by atoms with Gasteiger partial charge in [-0.3, -0.25) is 9.78 Å². The predicted octanol–water partition coefficient (Wildman–Crippen LogP) is 3.47. The molecule has 1 aliphatic heterocycles. The second kappa shape index (κ2) is 8.16. The molecule has 2 aromatic carbocycles. The van der Waals surface area contributed by atoms with E-state index in [2.05, 4.69) is 15.5 Å². The minimum atomic E-state index is -0.543. The predicted molar refractivity (Wildman–Crippen MR) is 110 cm³/mol. The summed E-state index contributed by atoms with van der Waals surface area (Å²) in [5.41, 5.74) is 5.51. The Morgan fingerprint density at radius 3 is 2.50 bits per heavy atom. The molecule has 7 heteroatoms. The maximum absolute atomic E-state index is 12.5. The highest BCUT2D eigenvalue weighted by Crippen LogP contribution is 2.37. The number of esters is 1. The van der Waals surface area contributed by atoms with Gasteiger partial charge in [0, 0.05) is 29.4 Å². The Kier molecular flexibility index (Phi) is 5.26. The maximum Gasteiger partial charge on any atom is 0.339 e. The van der Waals surface area contributed by atoms with Crippen LogP contribution in [0.25, 0.3) is 0 Å². The van der Waals surface area contributed by atoms with Gasteiger partial charge in [0.15, 0.2) is 0 Å². The van der Waals surface area contributed by atoms with Gasteiger partial charge in [0.1, 0.15) is 11.9 Å². The first-order valence-electron chi connectivity index (χ1n) is 9.42. The van der Waals surface area contributed by atoms with Crippen LogP contribution in [0.4, 0.5) is 0 Å². The van der Waals surface area contributed by atoms with Crippen LogP contribution in [0.3, 0.4) is 0 Å². The van der Waals surface area contributed by atoms with Crippen LogP contribution in [-0.4, -0.2) is 27.7 Å². The number of hydrogen-bond donors (Lipinski definition) is 2. The van der Waals surface area contributed by atoms with Gasteiger partial charge in [-0.25, -0.2) is 10.2 Å². The van der Waals surface area contributed by atoms with E-state index in [4.69, 9.17) is 4.74 Å². The van der Waals surface area contributed by atoms with Gasteiger partial charge in [0.05, 0.1) is 11.3 Å². The molecule has 0 aliphatic carbocycles. The van der Waals surface area contributed by atoms with Gasteiger partial charge in [-0.05, 0) is 48.0 Å². The molecule has 4 rings (SSSR count). The molecule has 0 radical (unpaired) electrons. The van der Waals surface area contributed by atoms with Gasteiger partial charge in [-0.2, -0.15) is 5.10 Å². The summed E-state index contributed by atoms with van der Waals surface area (Å²) < 4.78 is 5.62. The average molecular weight is 401 g/mol. The van der Waals surface area contributed by atoms with E-state index in [1.165, 1.54) is 24.5 Å². The topological polar surface area (TPSA) is 101 Å². The number of phenolic OH excluding ortho intramolecular Hbond substituents is 1. The number of carbonyl (C=O) groups is 2. The molecule has 3 aromatic rings. The lowest BCUT2D eigenvalue weighted by Crippen LogP contribution is -2.26. The fourth-order valence-corrected chi connectivity index (χ4v) is 3.43. The van der Waals surface area contributed by atoms with Crippen molar-refractivity contribution in [2.24, 2.45) is 11.0 Å². The van der Waals surface area contributed by atoms with Crippen molar-refractivity contribution < 1.29 is 19.4 Å². The van der Waals surface area contributed by atoms with E-state index in [-0.39, 0.29) is 23.5 Å². The van der Waals surface area contributed by atoms with Crippen LogP contribution in [-0.2, 0) is 4.74 Å². The van der Waals surface area contributed by atoms with Crippen LogP contribution >= 0.6 is 0 Å². The number of hydrogen-bond acceptors (Lipinski definition) is 6. The lowest BCUT2D eigenvalue weighted by molar-refractivity contribution is 0.0326. The van der Waals surface area contributed by atoms with Crippen molar-refractivity contribution >= 4 is 17.6 Å². The summed E-state index contributed by atoms with van der Waals surface area (Å²) in [6.45, 7) is 1.88. The van der Waals surface area contributed by atoms with E-state index in [1.807, 2.05) is 19.1 Å². The van der Waals surface area contributed by atoms with Crippen LogP contribution in [0, 0.1) is 5.92 Å². The third-order valence-corrected chi connectivity index (χ3v) is 4.99. The third-order valence-electron chi connectivity index (χ3n) is 4.99. The third kappa shape index (κ3) is 3.77. The summed E-state index contributed by atoms with van der Waals surface area (Å²) in [6.07, 6.45) is 2.51. The molecule has 2 atom stereocenters. The Labute approximate surface area is 173 Å². The first kappa shape index (κ1) is 19.3. The van der Waals surface area contributed by atoms with Gasteiger partial charge < -0.3 is 9.84 Å². The Morgan fingerprint density at radius 1 is 1.07 bits per heavy atom. The van der Waals surface area contributed by atoms with E-state index >= 15 is 0 Å². The van der Waals surface area contributed by atoms with Gasteiger partial charge in [0.2, 0.25) is 0 Å². The number of amides is 1. The number of pyridine rings is 1. The van der Waals surface area contributed by atoms with Crippen molar-refractivity contribution in [3.63, 3.8) is 0 Å². The van der Waals surface area contributed by atoms with Crippen molar-refractivity contribution in [2.75, 3.05) is 0 Å². The number of nitrogens with zero attached hydrogens (tertiary/aromatic N) is 2. The van der Waals surface area contributed by atoms with Gasteiger partial charge >= 0.3 is 5.97 Å². The summed E-state index contributed by atoms with van der Waals surface area (Å²) in [6, 6.07) is 16.9. The molecule has 2 N–H and O–H groups in total. The zero-order valence-electron chi connectivity index (χ0n) is 16.1. The highest BCUT2D eigenvalue weighted by Gasteiger charge is 2.37. The molecule has 0 unspecified atom stereocenters. The number of carbonyl (C=O) groups excluding carboxylic acids is 2. The number of rotatable bonds is 5. The monoisotopic (exact) mass is 401 g/mol. The second-order valence-electron chi connectivity index (χ2n) is 6.92. The van der Waals surface area contributed by atoms with Crippen LogP contribution in [0.15, 0.2) is 78.2 Å². The smallest absolute Gasteiger partial charge is 0.339 e. The Bertz CT molecular complexity index is 1110. The van der Waals surface area contributed by atoms with Crippen molar-refractivity contribution in [3.8, 4) is 5.75 Å². The van der Waals surface area contributed by atoms with E-state index in [0.717, 1.165) is 5.56 Å². The van der Waals surface area contributed by atoms with Crippen LogP contribution in [0.5, 0.6) is 5.75 Å². The largest absolute Gasteiger partial charge is 0.508 e. The number of cyclic esters (lactones) is 1. The number of nitrogens with one attached hydrogen (secondary N) is 1.